The molecule has 3 nitrogen and oxygen atoms in total. The number of rotatable bonds is 4. The number of allylic oxidation sites excluding steroid dienone is 1. The van der Waals surface area contributed by atoms with E-state index >= 15 is 0 Å². The Morgan fingerprint density at radius 3 is 2.50 bits per heavy atom. The Labute approximate surface area is 114 Å². The first-order valence-corrected chi connectivity index (χ1v) is 8.69. The van der Waals surface area contributed by atoms with Crippen LogP contribution < -0.4 is 0 Å². The fourth-order valence-electron chi connectivity index (χ4n) is 1.63. The van der Waals surface area contributed by atoms with Gasteiger partial charge in [-0.25, -0.2) is 4.57 Å². The van der Waals surface area contributed by atoms with Crippen molar-refractivity contribution in [2.24, 2.45) is 0 Å². The van der Waals surface area contributed by atoms with Crippen molar-refractivity contribution in [1.82, 2.24) is 0 Å². The van der Waals surface area contributed by atoms with Crippen LogP contribution in [0.15, 0.2) is 11.6 Å². The molecule has 0 N–H and O–H groups in total. The second-order valence-electron chi connectivity index (χ2n) is 4.55. The van der Waals surface area contributed by atoms with Crippen LogP contribution in [-0.4, -0.2) is 23.7 Å². The average Bonchev–Trinajstić information content (AvgIpc) is 2.26. The summed E-state index contributed by atoms with van der Waals surface area (Å²) >= 11 is 1.90. The van der Waals surface area contributed by atoms with Crippen molar-refractivity contribution >= 4 is 19.4 Å². The largest absolute Gasteiger partial charge is 0.405 e. The normalized spacial score (nSPS) is 18.8. The minimum absolute atomic E-state index is 0.194. The second-order valence-corrected chi connectivity index (χ2v) is 8.01. The Balaban J connectivity index is 2.79. The number of thioether (sulfide) groups is 1. The summed E-state index contributed by atoms with van der Waals surface area (Å²) in [5.74, 6) is 3.92. The van der Waals surface area contributed by atoms with Crippen molar-refractivity contribution in [2.45, 2.75) is 38.9 Å². The molecule has 5 heteroatoms. The predicted molar refractivity (Wildman–Crippen MR) is 77.9 cm³/mol. The lowest BCUT2D eigenvalue weighted by Crippen LogP contribution is -2.19. The summed E-state index contributed by atoms with van der Waals surface area (Å²) in [6.45, 7) is 8.63. The first kappa shape index (κ1) is 15.9. The van der Waals surface area contributed by atoms with Gasteiger partial charge in [-0.1, -0.05) is 25.8 Å². The van der Waals surface area contributed by atoms with Crippen molar-refractivity contribution in [3.8, 4) is 11.6 Å². The van der Waals surface area contributed by atoms with Gasteiger partial charge in [0, 0.05) is 21.7 Å². The summed E-state index contributed by atoms with van der Waals surface area (Å²) in [5, 5.41) is 0. The van der Waals surface area contributed by atoms with Crippen LogP contribution in [0.25, 0.3) is 0 Å². The summed E-state index contributed by atoms with van der Waals surface area (Å²) in [6.07, 6.45) is 2.98. The van der Waals surface area contributed by atoms with Crippen LogP contribution in [0.3, 0.4) is 0 Å². The van der Waals surface area contributed by atoms with E-state index in [-0.39, 0.29) is 4.75 Å². The molecule has 18 heavy (non-hydrogen) atoms. The highest BCUT2D eigenvalue weighted by Gasteiger charge is 2.24. The van der Waals surface area contributed by atoms with Gasteiger partial charge >= 0.3 is 7.60 Å². The molecule has 1 rings (SSSR count). The second kappa shape index (κ2) is 6.82. The van der Waals surface area contributed by atoms with Crippen LogP contribution in [0.5, 0.6) is 0 Å². The van der Waals surface area contributed by atoms with E-state index in [0.29, 0.717) is 13.2 Å². The topological polar surface area (TPSA) is 35.5 Å². The monoisotopic (exact) mass is 288 g/mol. The Hall–Kier alpha value is -0.200. The predicted octanol–water partition coefficient (Wildman–Crippen LogP) is 4.06. The fourth-order valence-corrected chi connectivity index (χ4v) is 3.78. The van der Waals surface area contributed by atoms with E-state index in [1.807, 2.05) is 11.8 Å². The Bertz CT molecular complexity index is 408. The minimum Gasteiger partial charge on any atom is -0.300 e. The molecule has 0 saturated heterocycles. The highest BCUT2D eigenvalue weighted by molar-refractivity contribution is 8.00. The van der Waals surface area contributed by atoms with E-state index in [4.69, 9.17) is 9.05 Å². The van der Waals surface area contributed by atoms with E-state index in [1.165, 1.54) is 0 Å². The molecule has 0 radical (unpaired) electrons. The van der Waals surface area contributed by atoms with Crippen molar-refractivity contribution < 1.29 is 13.6 Å². The van der Waals surface area contributed by atoms with Gasteiger partial charge in [-0.2, -0.15) is 11.8 Å². The van der Waals surface area contributed by atoms with E-state index in [9.17, 15) is 4.57 Å². The molecule has 0 fully saturated rings. The molecule has 0 atom stereocenters. The van der Waals surface area contributed by atoms with Crippen molar-refractivity contribution in [2.75, 3.05) is 19.0 Å². The molecule has 0 aromatic rings. The molecule has 102 valence electrons. The molecule has 0 spiro atoms. The maximum atomic E-state index is 12.2. The minimum atomic E-state index is -3.24. The van der Waals surface area contributed by atoms with Gasteiger partial charge in [0.2, 0.25) is 0 Å². The van der Waals surface area contributed by atoms with Gasteiger partial charge in [0.25, 0.3) is 0 Å². The standard InChI is InChI=1S/C13H21O3PS/c1-5-15-17(14,16-6-2)9-7-12-8-10-18-13(3,4)11-12/h8H,5-6,10-11H2,1-4H3. The smallest absolute Gasteiger partial charge is 0.300 e. The summed E-state index contributed by atoms with van der Waals surface area (Å²) in [7, 11) is -3.24. The van der Waals surface area contributed by atoms with E-state index in [1.54, 1.807) is 13.8 Å². The van der Waals surface area contributed by atoms with E-state index in [0.717, 1.165) is 17.7 Å². The highest BCUT2D eigenvalue weighted by atomic mass is 32.2. The molecule has 0 bridgehead atoms. The third kappa shape index (κ3) is 5.20. The number of hydrogen-bond acceptors (Lipinski definition) is 4. The van der Waals surface area contributed by atoms with Crippen LogP contribution >= 0.6 is 19.4 Å². The lowest BCUT2D eigenvalue weighted by molar-refractivity contribution is 0.230. The molecule has 0 unspecified atom stereocenters. The maximum absolute atomic E-state index is 12.2. The van der Waals surface area contributed by atoms with Gasteiger partial charge in [0.15, 0.2) is 0 Å². The Morgan fingerprint density at radius 1 is 1.39 bits per heavy atom. The molecule has 0 saturated carbocycles. The Kier molecular flexibility index (Phi) is 6.01. The van der Waals surface area contributed by atoms with Crippen molar-refractivity contribution in [1.29, 1.82) is 0 Å². The zero-order chi connectivity index (χ0) is 13.6. The van der Waals surface area contributed by atoms with Crippen molar-refractivity contribution in [3.05, 3.63) is 11.6 Å². The quantitative estimate of drug-likeness (QED) is 0.577. The lowest BCUT2D eigenvalue weighted by atomic mass is 10.0. The Morgan fingerprint density at radius 2 is 2.00 bits per heavy atom. The SMILES string of the molecule is CCOP(=O)(C#CC1=CCSC(C)(C)C1)OCC. The van der Waals surface area contributed by atoms with E-state index in [2.05, 4.69) is 31.5 Å². The van der Waals surface area contributed by atoms with Crippen LogP contribution in [-0.2, 0) is 13.6 Å². The lowest BCUT2D eigenvalue weighted by Gasteiger charge is -2.27. The molecular formula is C13H21O3PS. The summed E-state index contributed by atoms with van der Waals surface area (Å²) in [4.78, 5) is 0. The van der Waals surface area contributed by atoms with Gasteiger partial charge in [-0.3, -0.25) is 9.05 Å². The summed E-state index contributed by atoms with van der Waals surface area (Å²) in [5.41, 5.74) is 3.72. The number of hydrogen-bond donors (Lipinski definition) is 0. The van der Waals surface area contributed by atoms with Crippen LogP contribution in [0.1, 0.15) is 34.1 Å². The molecule has 1 aliphatic heterocycles. The summed E-state index contributed by atoms with van der Waals surface area (Å²) in [6, 6.07) is 0. The molecule has 0 amide bonds. The van der Waals surface area contributed by atoms with Gasteiger partial charge < -0.3 is 0 Å². The first-order chi connectivity index (χ1) is 8.41. The zero-order valence-electron chi connectivity index (χ0n) is 11.5. The van der Waals surface area contributed by atoms with Crippen LogP contribution in [0.2, 0.25) is 0 Å². The van der Waals surface area contributed by atoms with Crippen LogP contribution in [0.4, 0.5) is 0 Å². The van der Waals surface area contributed by atoms with Crippen LogP contribution in [0, 0.1) is 11.6 Å². The highest BCUT2D eigenvalue weighted by Crippen LogP contribution is 2.47. The van der Waals surface area contributed by atoms with Crippen molar-refractivity contribution in [3.63, 3.8) is 0 Å². The molecule has 1 heterocycles. The molecule has 0 aromatic heterocycles. The van der Waals surface area contributed by atoms with Gasteiger partial charge in [-0.05, 0) is 20.3 Å². The third-order valence-electron chi connectivity index (χ3n) is 2.37. The maximum Gasteiger partial charge on any atom is 0.405 e. The molecule has 0 aliphatic carbocycles. The molecule has 0 aromatic carbocycles. The molecule has 1 aliphatic rings. The van der Waals surface area contributed by atoms with Gasteiger partial charge in [0.1, 0.15) is 0 Å². The fraction of sp³-hybridized carbons (Fsp3) is 0.692. The molecular weight excluding hydrogens is 267 g/mol. The average molecular weight is 288 g/mol. The van der Waals surface area contributed by atoms with Gasteiger partial charge in [-0.15, -0.1) is 0 Å². The first-order valence-electron chi connectivity index (χ1n) is 6.16. The van der Waals surface area contributed by atoms with Gasteiger partial charge in [0.05, 0.1) is 13.2 Å². The zero-order valence-corrected chi connectivity index (χ0v) is 13.2. The third-order valence-corrected chi connectivity index (χ3v) is 5.21. The summed E-state index contributed by atoms with van der Waals surface area (Å²) < 4.78 is 22.6. The van der Waals surface area contributed by atoms with E-state index < -0.39 is 7.60 Å².